The number of nitrogens with two attached hydrogens (primary N) is 4. The molecule has 72 valence electrons. The number of amides is 1. The molecular formula is C6H12N6O. The van der Waals surface area contributed by atoms with E-state index < -0.39 is 5.91 Å². The Morgan fingerprint density at radius 1 is 1.38 bits per heavy atom. The van der Waals surface area contributed by atoms with Crippen molar-refractivity contribution in [2.24, 2.45) is 23.3 Å². The molecule has 1 rings (SSSR count). The minimum Gasteiger partial charge on any atom is -0.366 e. The molecule has 0 aromatic carbocycles. The molecule has 0 aliphatic carbocycles. The smallest absolute Gasteiger partial charge is 0.250 e. The predicted octanol–water partition coefficient (Wildman–Crippen LogP) is -1.72. The molecule has 0 spiro atoms. The van der Waals surface area contributed by atoms with Gasteiger partial charge in [0.15, 0.2) is 0 Å². The highest BCUT2D eigenvalue weighted by Crippen LogP contribution is 2.01. The zero-order valence-corrected chi connectivity index (χ0v) is 6.90. The van der Waals surface area contributed by atoms with E-state index in [1.807, 2.05) is 0 Å². The van der Waals surface area contributed by atoms with Crippen molar-refractivity contribution in [3.63, 3.8) is 0 Å². The molecule has 7 heteroatoms. The highest BCUT2D eigenvalue weighted by molar-refractivity contribution is 5.92. The summed E-state index contributed by atoms with van der Waals surface area (Å²) in [5, 5.41) is 0. The fraction of sp³-hybridized carbons (Fsp3) is 0. The molecule has 1 heterocycles. The van der Waals surface area contributed by atoms with Crippen molar-refractivity contribution >= 4 is 11.7 Å². The topological polar surface area (TPSA) is 146 Å². The molecule has 0 unspecified atom stereocenters. The average Bonchev–Trinajstić information content (AvgIpc) is 2.21. The van der Waals surface area contributed by atoms with Crippen LogP contribution >= 0.6 is 0 Å². The average molecular weight is 184 g/mol. The number of anilines is 1. The lowest BCUT2D eigenvalue weighted by molar-refractivity contribution is 0.1000. The Morgan fingerprint density at radius 2 is 2.00 bits per heavy atom. The Balaban J connectivity index is 0.000000671. The molecule has 0 saturated heterocycles. The zero-order chi connectivity index (χ0) is 10.3. The molecule has 13 heavy (non-hydrogen) atoms. The van der Waals surface area contributed by atoms with E-state index in [0.717, 1.165) is 0 Å². The van der Waals surface area contributed by atoms with E-state index >= 15 is 0 Å². The van der Waals surface area contributed by atoms with Gasteiger partial charge < -0.3 is 11.2 Å². The van der Waals surface area contributed by atoms with Gasteiger partial charge in [0.05, 0.1) is 5.56 Å². The van der Waals surface area contributed by atoms with Gasteiger partial charge in [0.2, 0.25) is 5.91 Å². The largest absolute Gasteiger partial charge is 0.366 e. The fourth-order valence-corrected chi connectivity index (χ4v) is 0.625. The van der Waals surface area contributed by atoms with Gasteiger partial charge in [-0.15, -0.1) is 0 Å². The molecule has 0 atom stereocenters. The molecular weight excluding hydrogens is 172 g/mol. The molecule has 0 bridgehead atoms. The maximum Gasteiger partial charge on any atom is 0.250 e. The third-order valence-electron chi connectivity index (χ3n) is 1.20. The van der Waals surface area contributed by atoms with Crippen LogP contribution in [0, 0.1) is 0 Å². The van der Waals surface area contributed by atoms with Crippen molar-refractivity contribution in [2.75, 3.05) is 5.43 Å². The van der Waals surface area contributed by atoms with E-state index in [0.29, 0.717) is 11.4 Å². The second-order valence-corrected chi connectivity index (χ2v) is 1.94. The van der Waals surface area contributed by atoms with E-state index in [4.69, 9.17) is 11.6 Å². The van der Waals surface area contributed by atoms with Crippen LogP contribution in [-0.2, 0) is 0 Å². The van der Waals surface area contributed by atoms with Crippen LogP contribution in [0.2, 0.25) is 0 Å². The molecule has 1 aromatic heterocycles. The Bertz CT molecular complexity index is 258. The molecule has 1 aromatic rings. The molecule has 9 N–H and O–H groups in total. The van der Waals surface area contributed by atoms with Crippen molar-refractivity contribution in [3.05, 3.63) is 23.9 Å². The number of nitrogen functional groups attached to an aromatic ring is 1. The van der Waals surface area contributed by atoms with Crippen molar-refractivity contribution in [2.45, 2.75) is 0 Å². The van der Waals surface area contributed by atoms with Crippen LogP contribution in [0.15, 0.2) is 18.3 Å². The number of pyridine rings is 1. The summed E-state index contributed by atoms with van der Waals surface area (Å²) in [7, 11) is 0. The van der Waals surface area contributed by atoms with E-state index in [1.165, 1.54) is 6.20 Å². The summed E-state index contributed by atoms with van der Waals surface area (Å²) in [6, 6.07) is 3.12. The summed E-state index contributed by atoms with van der Waals surface area (Å²) in [4.78, 5) is 14.3. The summed E-state index contributed by atoms with van der Waals surface area (Å²) >= 11 is 0. The first-order valence-electron chi connectivity index (χ1n) is 3.30. The highest BCUT2D eigenvalue weighted by Gasteiger charge is 1.98. The number of hydrazine groups is 2. The molecule has 7 nitrogen and oxygen atoms in total. The second kappa shape index (κ2) is 5.89. The van der Waals surface area contributed by atoms with Crippen LogP contribution in [0.25, 0.3) is 0 Å². The summed E-state index contributed by atoms with van der Waals surface area (Å²) in [6.45, 7) is 0. The van der Waals surface area contributed by atoms with Crippen LogP contribution in [-0.4, -0.2) is 10.9 Å². The van der Waals surface area contributed by atoms with Crippen molar-refractivity contribution in [1.29, 1.82) is 0 Å². The Hall–Kier alpha value is -1.70. The molecule has 1 amide bonds. The molecule has 0 aliphatic rings. The highest BCUT2D eigenvalue weighted by atomic mass is 16.1. The van der Waals surface area contributed by atoms with Crippen molar-refractivity contribution in [3.8, 4) is 0 Å². The number of rotatable bonds is 2. The third kappa shape index (κ3) is 3.47. The minimum atomic E-state index is -0.499. The van der Waals surface area contributed by atoms with Gasteiger partial charge in [-0.05, 0) is 12.1 Å². The Labute approximate surface area is 75.0 Å². The van der Waals surface area contributed by atoms with Crippen LogP contribution < -0.4 is 28.7 Å². The lowest BCUT2D eigenvalue weighted by Crippen LogP contribution is -2.13. The van der Waals surface area contributed by atoms with Gasteiger partial charge in [-0.2, -0.15) is 0 Å². The van der Waals surface area contributed by atoms with E-state index in [2.05, 4.69) is 22.1 Å². The normalized spacial score (nSPS) is 8.23. The van der Waals surface area contributed by atoms with Crippen LogP contribution in [0.1, 0.15) is 10.4 Å². The first-order chi connectivity index (χ1) is 6.24. The summed E-state index contributed by atoms with van der Waals surface area (Å²) in [6.07, 6.45) is 1.36. The van der Waals surface area contributed by atoms with Crippen LogP contribution in [0.5, 0.6) is 0 Å². The number of nitrogens with one attached hydrogen (secondary N) is 1. The van der Waals surface area contributed by atoms with Gasteiger partial charge >= 0.3 is 0 Å². The molecule has 0 radical (unpaired) electrons. The molecule has 0 aliphatic heterocycles. The second-order valence-electron chi connectivity index (χ2n) is 1.94. The van der Waals surface area contributed by atoms with Crippen molar-refractivity contribution in [1.82, 2.24) is 4.98 Å². The summed E-state index contributed by atoms with van der Waals surface area (Å²) in [5.74, 6) is 13.0. The van der Waals surface area contributed by atoms with Crippen molar-refractivity contribution < 1.29 is 4.79 Å². The van der Waals surface area contributed by atoms with Crippen LogP contribution in [0.3, 0.4) is 0 Å². The van der Waals surface area contributed by atoms with Gasteiger partial charge in [0, 0.05) is 6.20 Å². The first kappa shape index (κ1) is 11.3. The lowest BCUT2D eigenvalue weighted by atomic mass is 10.3. The molecule has 0 saturated carbocycles. The maximum atomic E-state index is 10.5. The minimum absolute atomic E-state index is 0.365. The number of carbonyl (C=O) groups is 1. The van der Waals surface area contributed by atoms with Gasteiger partial charge in [0.1, 0.15) is 5.82 Å². The number of hydrogen-bond donors (Lipinski definition) is 5. The number of primary amides is 1. The Morgan fingerprint density at radius 3 is 2.31 bits per heavy atom. The number of aromatic nitrogens is 1. The standard InChI is InChI=1S/C6H8N4O.H4N2/c7-6(11)4-1-2-5(10-8)9-3-4;1-2/h1-3H,8H2,(H2,7,11)(H,9,10);1-2H2. The van der Waals surface area contributed by atoms with E-state index in [9.17, 15) is 4.79 Å². The van der Waals surface area contributed by atoms with E-state index in [-0.39, 0.29) is 0 Å². The number of nitrogens with zero attached hydrogens (tertiary/aromatic N) is 1. The summed E-state index contributed by atoms with van der Waals surface area (Å²) < 4.78 is 0. The zero-order valence-electron chi connectivity index (χ0n) is 6.90. The monoisotopic (exact) mass is 184 g/mol. The quantitative estimate of drug-likeness (QED) is 0.273. The lowest BCUT2D eigenvalue weighted by Gasteiger charge is -1.97. The Kier molecular flexibility index (Phi) is 5.12. The summed E-state index contributed by atoms with van der Waals surface area (Å²) in [5.41, 5.74) is 7.67. The molecule has 0 fully saturated rings. The van der Waals surface area contributed by atoms with Gasteiger partial charge in [-0.25, -0.2) is 10.8 Å². The predicted molar refractivity (Wildman–Crippen MR) is 48.9 cm³/mol. The number of carbonyl (C=O) groups excluding carboxylic acids is 1. The maximum absolute atomic E-state index is 10.5. The first-order valence-corrected chi connectivity index (χ1v) is 3.30. The fourth-order valence-electron chi connectivity index (χ4n) is 0.625. The van der Waals surface area contributed by atoms with Gasteiger partial charge in [0.25, 0.3) is 0 Å². The van der Waals surface area contributed by atoms with Crippen LogP contribution in [0.4, 0.5) is 5.82 Å². The van der Waals surface area contributed by atoms with Gasteiger partial charge in [-0.1, -0.05) is 0 Å². The number of hydrogen-bond acceptors (Lipinski definition) is 6. The third-order valence-corrected chi connectivity index (χ3v) is 1.20. The SMILES string of the molecule is NN.NNc1ccc(C(N)=O)cn1. The van der Waals surface area contributed by atoms with E-state index in [1.54, 1.807) is 12.1 Å². The van der Waals surface area contributed by atoms with Gasteiger partial charge in [-0.3, -0.25) is 16.5 Å².